The van der Waals surface area contributed by atoms with Gasteiger partial charge in [0.1, 0.15) is 0 Å². The second-order valence-electron chi connectivity index (χ2n) is 5.13. The molecule has 0 radical (unpaired) electrons. The number of ketones is 1. The van der Waals surface area contributed by atoms with Crippen LogP contribution < -0.4 is 0 Å². The second kappa shape index (κ2) is 5.02. The summed E-state index contributed by atoms with van der Waals surface area (Å²) in [5.41, 5.74) is 1.59. The van der Waals surface area contributed by atoms with Gasteiger partial charge in [-0.1, -0.05) is 12.1 Å². The Kier molecular flexibility index (Phi) is 3.31. The third kappa shape index (κ3) is 2.70. The highest BCUT2D eigenvalue weighted by Crippen LogP contribution is 2.29. The summed E-state index contributed by atoms with van der Waals surface area (Å²) in [6.45, 7) is 0.376. The third-order valence-electron chi connectivity index (χ3n) is 3.68. The van der Waals surface area contributed by atoms with Crippen molar-refractivity contribution < 1.29 is 18.0 Å². The van der Waals surface area contributed by atoms with Crippen LogP contribution in [0.15, 0.2) is 30.5 Å². The highest BCUT2D eigenvalue weighted by Gasteiger charge is 2.30. The minimum Gasteiger partial charge on any atom is -0.294 e. The number of nitrogens with zero attached hydrogens (tertiary/aromatic N) is 2. The summed E-state index contributed by atoms with van der Waals surface area (Å²) >= 11 is 0. The minimum absolute atomic E-state index is 0.0925. The van der Waals surface area contributed by atoms with Crippen molar-refractivity contribution in [2.24, 2.45) is 0 Å². The van der Waals surface area contributed by atoms with Gasteiger partial charge in [-0.2, -0.15) is 18.3 Å². The quantitative estimate of drug-likeness (QED) is 0.850. The maximum absolute atomic E-state index is 12.5. The summed E-state index contributed by atoms with van der Waals surface area (Å²) in [6.07, 6.45) is -0.651. The first-order chi connectivity index (χ1) is 9.95. The summed E-state index contributed by atoms with van der Waals surface area (Å²) in [4.78, 5) is 11.7. The van der Waals surface area contributed by atoms with E-state index in [2.05, 4.69) is 5.10 Å². The molecule has 0 fully saturated rings. The minimum atomic E-state index is -4.32. The standard InChI is InChI=1S/C15H13F3N2O/c16-15(17,18)11-6-4-10(5-7-11)9-20-13-2-1-3-14(21)12(13)8-19-20/h4-8H,1-3,9H2. The maximum atomic E-state index is 12.5. The van der Waals surface area contributed by atoms with Gasteiger partial charge in [-0.15, -0.1) is 0 Å². The molecule has 3 rings (SSSR count). The average Bonchev–Trinajstić information content (AvgIpc) is 2.83. The molecule has 0 N–H and O–H groups in total. The largest absolute Gasteiger partial charge is 0.416 e. The van der Waals surface area contributed by atoms with E-state index < -0.39 is 11.7 Å². The van der Waals surface area contributed by atoms with Crippen LogP contribution in [0.4, 0.5) is 13.2 Å². The highest BCUT2D eigenvalue weighted by atomic mass is 19.4. The predicted octanol–water partition coefficient (Wildman–Crippen LogP) is 3.47. The zero-order valence-electron chi connectivity index (χ0n) is 11.2. The smallest absolute Gasteiger partial charge is 0.294 e. The number of hydrogen-bond acceptors (Lipinski definition) is 2. The van der Waals surface area contributed by atoms with E-state index in [1.165, 1.54) is 12.1 Å². The fourth-order valence-electron chi connectivity index (χ4n) is 2.57. The molecule has 2 aromatic rings. The Labute approximate surface area is 119 Å². The molecule has 21 heavy (non-hydrogen) atoms. The Bertz CT molecular complexity index is 671. The number of Topliss-reactive ketones (excluding diaryl/α,β-unsaturated/α-hetero) is 1. The van der Waals surface area contributed by atoms with Gasteiger partial charge in [0, 0.05) is 12.1 Å². The van der Waals surface area contributed by atoms with Gasteiger partial charge in [0.05, 0.1) is 23.9 Å². The Balaban J connectivity index is 1.83. The lowest BCUT2D eigenvalue weighted by Crippen LogP contribution is -2.14. The molecule has 0 atom stereocenters. The van der Waals surface area contributed by atoms with E-state index in [1.54, 1.807) is 10.9 Å². The first-order valence-electron chi connectivity index (χ1n) is 6.69. The number of carbonyl (C=O) groups excluding carboxylic acids is 1. The van der Waals surface area contributed by atoms with Crippen LogP contribution in [0, 0.1) is 0 Å². The van der Waals surface area contributed by atoms with Gasteiger partial charge in [-0.05, 0) is 30.5 Å². The predicted molar refractivity (Wildman–Crippen MR) is 70.0 cm³/mol. The van der Waals surface area contributed by atoms with Gasteiger partial charge in [0.2, 0.25) is 0 Å². The summed E-state index contributed by atoms with van der Waals surface area (Å²) < 4.78 is 39.2. The van der Waals surface area contributed by atoms with Crippen molar-refractivity contribution in [1.82, 2.24) is 9.78 Å². The van der Waals surface area contributed by atoms with Crippen LogP contribution in [0.25, 0.3) is 0 Å². The lowest BCUT2D eigenvalue weighted by Gasteiger charge is -2.13. The Morgan fingerprint density at radius 2 is 1.86 bits per heavy atom. The van der Waals surface area contributed by atoms with E-state index >= 15 is 0 Å². The van der Waals surface area contributed by atoms with E-state index in [-0.39, 0.29) is 5.78 Å². The lowest BCUT2D eigenvalue weighted by molar-refractivity contribution is -0.137. The number of rotatable bonds is 2. The molecule has 0 amide bonds. The molecular weight excluding hydrogens is 281 g/mol. The van der Waals surface area contributed by atoms with Gasteiger partial charge in [0.15, 0.2) is 5.78 Å². The van der Waals surface area contributed by atoms with Crippen molar-refractivity contribution in [2.45, 2.75) is 32.0 Å². The van der Waals surface area contributed by atoms with Gasteiger partial charge in [-0.3, -0.25) is 9.48 Å². The van der Waals surface area contributed by atoms with E-state index in [4.69, 9.17) is 0 Å². The molecule has 1 aromatic heterocycles. The number of aromatic nitrogens is 2. The second-order valence-corrected chi connectivity index (χ2v) is 5.13. The molecule has 1 heterocycles. The summed E-state index contributed by atoms with van der Waals surface area (Å²) in [5.74, 6) is 0.0925. The molecule has 110 valence electrons. The van der Waals surface area contributed by atoms with E-state index in [0.29, 0.717) is 18.5 Å². The van der Waals surface area contributed by atoms with Gasteiger partial charge in [0.25, 0.3) is 0 Å². The van der Waals surface area contributed by atoms with Crippen LogP contribution >= 0.6 is 0 Å². The highest BCUT2D eigenvalue weighted by molar-refractivity contribution is 5.97. The van der Waals surface area contributed by atoms with Gasteiger partial charge in [-0.25, -0.2) is 0 Å². The van der Waals surface area contributed by atoms with Crippen LogP contribution in [0.2, 0.25) is 0 Å². The average molecular weight is 294 g/mol. The molecular formula is C15H13F3N2O. The molecule has 0 unspecified atom stereocenters. The molecule has 0 aliphatic heterocycles. The molecule has 1 aliphatic carbocycles. The van der Waals surface area contributed by atoms with Crippen molar-refractivity contribution in [3.05, 3.63) is 52.8 Å². The molecule has 1 aromatic carbocycles. The van der Waals surface area contributed by atoms with Gasteiger partial charge >= 0.3 is 6.18 Å². The van der Waals surface area contributed by atoms with Crippen LogP contribution in [0.5, 0.6) is 0 Å². The monoisotopic (exact) mass is 294 g/mol. The molecule has 6 heteroatoms. The number of hydrogen-bond donors (Lipinski definition) is 0. The van der Waals surface area contributed by atoms with E-state index in [1.807, 2.05) is 0 Å². The summed E-state index contributed by atoms with van der Waals surface area (Å²) in [6, 6.07) is 5.02. The van der Waals surface area contributed by atoms with Crippen molar-refractivity contribution >= 4 is 5.78 Å². The Morgan fingerprint density at radius 1 is 1.14 bits per heavy atom. The topological polar surface area (TPSA) is 34.9 Å². The maximum Gasteiger partial charge on any atom is 0.416 e. The van der Waals surface area contributed by atoms with Crippen LogP contribution in [-0.2, 0) is 19.1 Å². The van der Waals surface area contributed by atoms with Crippen molar-refractivity contribution in [3.63, 3.8) is 0 Å². The van der Waals surface area contributed by atoms with Crippen LogP contribution in [-0.4, -0.2) is 15.6 Å². The molecule has 1 aliphatic rings. The number of alkyl halides is 3. The number of carbonyl (C=O) groups is 1. The lowest BCUT2D eigenvalue weighted by atomic mass is 9.97. The number of benzene rings is 1. The fourth-order valence-corrected chi connectivity index (χ4v) is 2.57. The molecule has 0 spiro atoms. The first kappa shape index (κ1) is 13.9. The van der Waals surface area contributed by atoms with Crippen LogP contribution in [0.3, 0.4) is 0 Å². The van der Waals surface area contributed by atoms with Crippen molar-refractivity contribution in [3.8, 4) is 0 Å². The SMILES string of the molecule is O=C1CCCc2c1cnn2Cc1ccc(C(F)(F)F)cc1. The number of halogens is 3. The Morgan fingerprint density at radius 3 is 2.52 bits per heavy atom. The zero-order chi connectivity index (χ0) is 15.0. The third-order valence-corrected chi connectivity index (χ3v) is 3.68. The molecule has 0 saturated heterocycles. The van der Waals surface area contributed by atoms with Crippen molar-refractivity contribution in [2.75, 3.05) is 0 Å². The fraction of sp³-hybridized carbons (Fsp3) is 0.333. The summed E-state index contributed by atoms with van der Waals surface area (Å²) in [5, 5.41) is 4.19. The molecule has 0 bridgehead atoms. The molecule has 0 saturated carbocycles. The summed E-state index contributed by atoms with van der Waals surface area (Å²) in [7, 11) is 0. The van der Waals surface area contributed by atoms with E-state index in [9.17, 15) is 18.0 Å². The molecule has 3 nitrogen and oxygen atoms in total. The first-order valence-corrected chi connectivity index (χ1v) is 6.69. The normalized spacial score (nSPS) is 15.1. The van der Waals surface area contributed by atoms with Gasteiger partial charge < -0.3 is 0 Å². The zero-order valence-corrected chi connectivity index (χ0v) is 11.2. The number of fused-ring (bicyclic) bond motifs is 1. The van der Waals surface area contributed by atoms with E-state index in [0.717, 1.165) is 36.2 Å². The van der Waals surface area contributed by atoms with Crippen molar-refractivity contribution in [1.29, 1.82) is 0 Å². The Hall–Kier alpha value is -2.11. The van der Waals surface area contributed by atoms with Crippen LogP contribution in [0.1, 0.15) is 40.0 Å².